The van der Waals surface area contributed by atoms with Crippen LogP contribution in [0.5, 0.6) is 0 Å². The minimum absolute atomic E-state index is 0.192. The van der Waals surface area contributed by atoms with Crippen molar-refractivity contribution >= 4 is 17.5 Å². The maximum atomic E-state index is 13.7. The monoisotopic (exact) mass is 552 g/mol. The van der Waals surface area contributed by atoms with Gasteiger partial charge in [0.05, 0.1) is 30.5 Å². The lowest BCUT2D eigenvalue weighted by Gasteiger charge is -2.33. The van der Waals surface area contributed by atoms with Gasteiger partial charge in [0.15, 0.2) is 5.82 Å². The molecule has 4 aromatic rings. The molecule has 10 heteroatoms. The van der Waals surface area contributed by atoms with Gasteiger partial charge in [0.1, 0.15) is 0 Å². The average Bonchev–Trinajstić information content (AvgIpc) is 3.80. The molecule has 10 nitrogen and oxygen atoms in total. The Bertz CT molecular complexity index is 1510. The van der Waals surface area contributed by atoms with Crippen LogP contribution in [0, 0.1) is 0 Å². The molecule has 0 radical (unpaired) electrons. The van der Waals surface area contributed by atoms with Crippen molar-refractivity contribution in [2.24, 2.45) is 5.73 Å². The van der Waals surface area contributed by atoms with E-state index in [1.165, 1.54) is 18.5 Å². The molecule has 210 valence electrons. The first-order valence-corrected chi connectivity index (χ1v) is 13.8. The van der Waals surface area contributed by atoms with Gasteiger partial charge in [-0.05, 0) is 55.2 Å². The van der Waals surface area contributed by atoms with Gasteiger partial charge >= 0.3 is 0 Å². The molecule has 2 aliphatic rings. The van der Waals surface area contributed by atoms with Crippen molar-refractivity contribution in [3.63, 3.8) is 0 Å². The summed E-state index contributed by atoms with van der Waals surface area (Å²) in [4.78, 5) is 33.2. The summed E-state index contributed by atoms with van der Waals surface area (Å²) in [6, 6.07) is 22.2. The van der Waals surface area contributed by atoms with Crippen molar-refractivity contribution in [1.29, 1.82) is 0 Å². The van der Waals surface area contributed by atoms with Crippen LogP contribution >= 0.6 is 0 Å². The van der Waals surface area contributed by atoms with E-state index >= 15 is 0 Å². The third kappa shape index (κ3) is 5.44. The van der Waals surface area contributed by atoms with E-state index in [0.29, 0.717) is 5.82 Å². The number of primary amides is 1. The maximum absolute atomic E-state index is 13.7. The van der Waals surface area contributed by atoms with Crippen LogP contribution in [0.25, 0.3) is 17.1 Å². The minimum Gasteiger partial charge on any atom is -0.372 e. The number of pyridine rings is 1. The molecule has 0 aliphatic carbocycles. The molecule has 0 bridgehead atoms. The molecular formula is C31H32N6O4. The number of amides is 2. The number of nitrogens with zero attached hydrogens (tertiary/aromatic N) is 4. The molecule has 6 rings (SSSR count). The van der Waals surface area contributed by atoms with Crippen molar-refractivity contribution < 1.29 is 19.1 Å². The highest BCUT2D eigenvalue weighted by molar-refractivity contribution is 5.98. The van der Waals surface area contributed by atoms with E-state index in [1.807, 2.05) is 36.4 Å². The van der Waals surface area contributed by atoms with Crippen LogP contribution in [0.1, 0.15) is 28.8 Å². The van der Waals surface area contributed by atoms with Crippen molar-refractivity contribution in [3.8, 4) is 17.1 Å². The predicted octanol–water partition coefficient (Wildman–Crippen LogP) is 3.10. The second-order valence-electron chi connectivity index (χ2n) is 10.2. The number of nitrogens with one attached hydrogen (secondary N) is 1. The molecule has 3 N–H and O–H groups in total. The number of carbonyl (C=O) groups excluding carboxylic acids is 2. The van der Waals surface area contributed by atoms with Crippen LogP contribution in [-0.2, 0) is 20.7 Å². The number of hydrogen-bond donors (Lipinski definition) is 2. The molecule has 0 saturated carbocycles. The van der Waals surface area contributed by atoms with E-state index in [1.54, 1.807) is 29.2 Å². The van der Waals surface area contributed by atoms with Crippen molar-refractivity contribution in [3.05, 3.63) is 96.3 Å². The quantitative estimate of drug-likeness (QED) is 0.327. The summed E-state index contributed by atoms with van der Waals surface area (Å²) in [6.45, 7) is 2.56. The standard InChI is InChI=1S/C31H32N6O4/c32-30(39)31(40-19-20-41-31)27(21-22-7-2-1-3-8-22)34-29(38)25-9-6-15-33-28(25)37-18-14-26(35-37)23-10-12-24(13-11-23)36-16-4-5-17-36/h1-3,6-15,18,27H,4-5,16-17,19-21H2,(H2,32,39)(H,34,38). The van der Waals surface area contributed by atoms with E-state index in [0.717, 1.165) is 29.9 Å². The Hall–Kier alpha value is -4.54. The van der Waals surface area contributed by atoms with Gasteiger partial charge in [-0.2, -0.15) is 5.10 Å². The zero-order chi connectivity index (χ0) is 28.2. The molecule has 2 saturated heterocycles. The number of rotatable bonds is 9. The van der Waals surface area contributed by atoms with Crippen LogP contribution in [0.2, 0.25) is 0 Å². The van der Waals surface area contributed by atoms with E-state index < -0.39 is 23.6 Å². The number of benzene rings is 2. The van der Waals surface area contributed by atoms with Crippen molar-refractivity contribution in [1.82, 2.24) is 20.1 Å². The average molecular weight is 553 g/mol. The zero-order valence-electron chi connectivity index (χ0n) is 22.6. The summed E-state index contributed by atoms with van der Waals surface area (Å²) in [6.07, 6.45) is 6.10. The van der Waals surface area contributed by atoms with Gasteiger partial charge in [0.25, 0.3) is 17.6 Å². The summed E-state index contributed by atoms with van der Waals surface area (Å²) < 4.78 is 13.0. The predicted molar refractivity (Wildman–Crippen MR) is 153 cm³/mol. The van der Waals surface area contributed by atoms with E-state index in [2.05, 4.69) is 39.5 Å². The Morgan fingerprint density at radius 3 is 2.39 bits per heavy atom. The normalized spacial score (nSPS) is 16.9. The fourth-order valence-electron chi connectivity index (χ4n) is 5.48. The number of aromatic nitrogens is 3. The number of anilines is 1. The minimum atomic E-state index is -1.78. The van der Waals surface area contributed by atoms with Gasteiger partial charge in [-0.1, -0.05) is 42.5 Å². The molecule has 1 atom stereocenters. The lowest BCUT2D eigenvalue weighted by Crippen LogP contribution is -2.61. The summed E-state index contributed by atoms with van der Waals surface area (Å²) in [7, 11) is 0. The highest BCUT2D eigenvalue weighted by Crippen LogP contribution is 2.28. The molecule has 2 aromatic heterocycles. The van der Waals surface area contributed by atoms with Crippen LogP contribution in [0.4, 0.5) is 5.69 Å². The highest BCUT2D eigenvalue weighted by atomic mass is 16.7. The molecule has 0 spiro atoms. The molecule has 2 fully saturated rings. The van der Waals surface area contributed by atoms with E-state index in [4.69, 9.17) is 20.3 Å². The second-order valence-corrected chi connectivity index (χ2v) is 10.2. The van der Waals surface area contributed by atoms with Crippen LogP contribution < -0.4 is 16.0 Å². The first-order chi connectivity index (χ1) is 20.0. The first-order valence-electron chi connectivity index (χ1n) is 13.8. The maximum Gasteiger partial charge on any atom is 0.280 e. The van der Waals surface area contributed by atoms with Crippen molar-refractivity contribution in [2.75, 3.05) is 31.2 Å². The molecule has 2 aromatic carbocycles. The molecule has 2 amide bonds. The van der Waals surface area contributed by atoms with Gasteiger partial charge < -0.3 is 25.4 Å². The summed E-state index contributed by atoms with van der Waals surface area (Å²) in [5, 5.41) is 7.68. The fraction of sp³-hybridized carbons (Fsp3) is 0.290. The Morgan fingerprint density at radius 2 is 1.68 bits per heavy atom. The molecule has 4 heterocycles. The number of nitrogens with two attached hydrogens (primary N) is 1. The van der Waals surface area contributed by atoms with Gasteiger partial charge in [0.2, 0.25) is 0 Å². The zero-order valence-corrected chi connectivity index (χ0v) is 22.6. The number of hydrogen-bond acceptors (Lipinski definition) is 7. The second kappa shape index (κ2) is 11.5. The Kier molecular flexibility index (Phi) is 7.49. The smallest absolute Gasteiger partial charge is 0.280 e. The van der Waals surface area contributed by atoms with Gasteiger partial charge in [0, 0.05) is 36.7 Å². The SMILES string of the molecule is NC(=O)C1(C(Cc2ccccc2)NC(=O)c2cccnc2-n2ccc(-c3ccc(N4CCCC4)cc3)n2)OCCO1. The Balaban J connectivity index is 1.26. The van der Waals surface area contributed by atoms with Crippen LogP contribution in [-0.4, -0.2) is 64.7 Å². The van der Waals surface area contributed by atoms with Gasteiger partial charge in [-0.25, -0.2) is 9.67 Å². The summed E-state index contributed by atoms with van der Waals surface area (Å²) >= 11 is 0. The summed E-state index contributed by atoms with van der Waals surface area (Å²) in [5.41, 5.74) is 9.86. The molecule has 41 heavy (non-hydrogen) atoms. The molecule has 1 unspecified atom stereocenters. The van der Waals surface area contributed by atoms with Crippen LogP contribution in [0.15, 0.2) is 85.2 Å². The topological polar surface area (TPSA) is 125 Å². The first kappa shape index (κ1) is 26.7. The van der Waals surface area contributed by atoms with Gasteiger partial charge in [-0.15, -0.1) is 0 Å². The molecule has 2 aliphatic heterocycles. The highest BCUT2D eigenvalue weighted by Gasteiger charge is 2.51. The lowest BCUT2D eigenvalue weighted by molar-refractivity contribution is -0.189. The number of ether oxygens (including phenoxy) is 2. The van der Waals surface area contributed by atoms with Crippen LogP contribution in [0.3, 0.4) is 0 Å². The van der Waals surface area contributed by atoms with E-state index in [-0.39, 0.29) is 25.2 Å². The lowest BCUT2D eigenvalue weighted by atomic mass is 9.97. The van der Waals surface area contributed by atoms with Crippen molar-refractivity contribution in [2.45, 2.75) is 31.1 Å². The Labute approximate surface area is 238 Å². The summed E-state index contributed by atoms with van der Waals surface area (Å²) in [5.74, 6) is -2.69. The fourth-order valence-corrected chi connectivity index (χ4v) is 5.48. The largest absolute Gasteiger partial charge is 0.372 e. The van der Waals surface area contributed by atoms with E-state index in [9.17, 15) is 9.59 Å². The van der Waals surface area contributed by atoms with Gasteiger partial charge in [-0.3, -0.25) is 9.59 Å². The molecular weight excluding hydrogens is 520 g/mol. The third-order valence-corrected chi connectivity index (χ3v) is 7.58. The number of carbonyl (C=O) groups is 2. The third-order valence-electron chi connectivity index (χ3n) is 7.58. The Morgan fingerprint density at radius 1 is 0.951 bits per heavy atom.